The number of nitrogens with zero attached hydrogens (tertiary/aromatic N) is 1. The summed E-state index contributed by atoms with van der Waals surface area (Å²) in [6.07, 6.45) is 4.02. The Morgan fingerprint density at radius 1 is 1.35 bits per heavy atom. The van der Waals surface area contributed by atoms with Crippen molar-refractivity contribution in [1.29, 1.82) is 0 Å². The number of benzene rings is 1. The lowest BCUT2D eigenvalue weighted by Crippen LogP contribution is -2.35. The molecule has 1 fully saturated rings. The number of amides is 1. The first-order valence-electron chi connectivity index (χ1n) is 7.30. The molecule has 0 radical (unpaired) electrons. The van der Waals surface area contributed by atoms with Gasteiger partial charge in [-0.3, -0.25) is 14.9 Å². The fourth-order valence-electron chi connectivity index (χ4n) is 2.52. The number of nitro benzene ring substituents is 1. The van der Waals surface area contributed by atoms with Crippen molar-refractivity contribution in [2.75, 3.05) is 13.7 Å². The Kier molecular flexibility index (Phi) is 5.51. The summed E-state index contributed by atoms with van der Waals surface area (Å²) in [7, 11) is 1.34. The molecule has 1 aromatic rings. The molecular formula is C15H18N2O6. The maximum Gasteiger partial charge on any atom is 0.342 e. The van der Waals surface area contributed by atoms with Crippen molar-refractivity contribution in [2.45, 2.75) is 31.7 Å². The second kappa shape index (κ2) is 7.57. The molecule has 0 saturated heterocycles. The monoisotopic (exact) mass is 322 g/mol. The smallest absolute Gasteiger partial charge is 0.342 e. The van der Waals surface area contributed by atoms with Crippen LogP contribution in [0.2, 0.25) is 0 Å². The van der Waals surface area contributed by atoms with Crippen molar-refractivity contribution in [3.8, 4) is 5.75 Å². The minimum atomic E-state index is -0.841. The van der Waals surface area contributed by atoms with Gasteiger partial charge in [0.1, 0.15) is 11.3 Å². The van der Waals surface area contributed by atoms with Crippen LogP contribution in [0.5, 0.6) is 5.75 Å². The van der Waals surface area contributed by atoms with Crippen LogP contribution in [-0.2, 0) is 9.53 Å². The highest BCUT2D eigenvalue weighted by Crippen LogP contribution is 2.24. The normalized spacial score (nSPS) is 14.3. The Morgan fingerprint density at radius 2 is 2.04 bits per heavy atom. The van der Waals surface area contributed by atoms with Crippen molar-refractivity contribution in [1.82, 2.24) is 5.32 Å². The average molecular weight is 322 g/mol. The molecule has 0 heterocycles. The number of methoxy groups -OCH3 is 1. The SMILES string of the molecule is COc1ccc([N+](=O)[O-])cc1C(=O)OCC(=O)NC1CCCC1. The molecule has 2 rings (SSSR count). The molecule has 0 aromatic heterocycles. The van der Waals surface area contributed by atoms with E-state index in [0.29, 0.717) is 0 Å². The van der Waals surface area contributed by atoms with Crippen molar-refractivity contribution >= 4 is 17.6 Å². The molecule has 0 atom stereocenters. The molecule has 1 aliphatic rings. The van der Waals surface area contributed by atoms with E-state index in [-0.39, 0.29) is 28.9 Å². The van der Waals surface area contributed by atoms with Gasteiger partial charge in [0.15, 0.2) is 6.61 Å². The van der Waals surface area contributed by atoms with Crippen molar-refractivity contribution in [3.05, 3.63) is 33.9 Å². The van der Waals surface area contributed by atoms with E-state index in [1.165, 1.54) is 19.2 Å². The van der Waals surface area contributed by atoms with Crippen LogP contribution in [0.1, 0.15) is 36.0 Å². The Balaban J connectivity index is 1.97. The zero-order chi connectivity index (χ0) is 16.8. The van der Waals surface area contributed by atoms with E-state index in [1.54, 1.807) is 0 Å². The highest BCUT2D eigenvalue weighted by Gasteiger charge is 2.21. The van der Waals surface area contributed by atoms with E-state index in [0.717, 1.165) is 31.7 Å². The molecule has 1 aliphatic carbocycles. The van der Waals surface area contributed by atoms with Gasteiger partial charge in [0.2, 0.25) is 0 Å². The van der Waals surface area contributed by atoms with Gasteiger partial charge < -0.3 is 14.8 Å². The zero-order valence-electron chi connectivity index (χ0n) is 12.7. The molecule has 0 spiro atoms. The van der Waals surface area contributed by atoms with Gasteiger partial charge in [0.25, 0.3) is 11.6 Å². The fourth-order valence-corrected chi connectivity index (χ4v) is 2.52. The highest BCUT2D eigenvalue weighted by molar-refractivity contribution is 5.94. The summed E-state index contributed by atoms with van der Waals surface area (Å²) in [5.41, 5.74) is -0.344. The first-order valence-corrected chi connectivity index (χ1v) is 7.30. The summed E-state index contributed by atoms with van der Waals surface area (Å²) < 4.78 is 9.92. The van der Waals surface area contributed by atoms with E-state index in [1.807, 2.05) is 0 Å². The van der Waals surface area contributed by atoms with Crippen LogP contribution in [0.15, 0.2) is 18.2 Å². The molecule has 124 valence electrons. The topological polar surface area (TPSA) is 108 Å². The lowest BCUT2D eigenvalue weighted by Gasteiger charge is -2.12. The lowest BCUT2D eigenvalue weighted by atomic mass is 10.2. The second-order valence-electron chi connectivity index (χ2n) is 5.27. The number of nitro groups is 1. The number of esters is 1. The van der Waals surface area contributed by atoms with Crippen molar-refractivity contribution in [3.63, 3.8) is 0 Å². The van der Waals surface area contributed by atoms with E-state index in [9.17, 15) is 19.7 Å². The Hall–Kier alpha value is -2.64. The summed E-state index contributed by atoms with van der Waals surface area (Å²) in [5, 5.41) is 13.6. The number of carbonyl (C=O) groups is 2. The summed E-state index contributed by atoms with van der Waals surface area (Å²) in [4.78, 5) is 33.9. The Labute approximate surface area is 132 Å². The Morgan fingerprint density at radius 3 is 2.65 bits per heavy atom. The minimum Gasteiger partial charge on any atom is -0.496 e. The van der Waals surface area contributed by atoms with Crippen LogP contribution in [-0.4, -0.2) is 36.6 Å². The summed E-state index contributed by atoms with van der Waals surface area (Å²) >= 11 is 0. The van der Waals surface area contributed by atoms with E-state index in [4.69, 9.17) is 9.47 Å². The summed E-state index contributed by atoms with van der Waals surface area (Å²) in [6.45, 7) is -0.429. The van der Waals surface area contributed by atoms with E-state index < -0.39 is 17.5 Å². The third-order valence-corrected chi connectivity index (χ3v) is 3.67. The maximum absolute atomic E-state index is 12.0. The molecule has 0 bridgehead atoms. The molecule has 8 nitrogen and oxygen atoms in total. The molecule has 1 aromatic carbocycles. The number of hydrogen-bond donors (Lipinski definition) is 1. The van der Waals surface area contributed by atoms with Crippen molar-refractivity contribution < 1.29 is 24.0 Å². The molecule has 0 unspecified atom stereocenters. The van der Waals surface area contributed by atoms with Gasteiger partial charge in [-0.25, -0.2) is 4.79 Å². The molecule has 1 saturated carbocycles. The highest BCUT2D eigenvalue weighted by atomic mass is 16.6. The fraction of sp³-hybridized carbons (Fsp3) is 0.467. The number of hydrogen-bond acceptors (Lipinski definition) is 6. The molecule has 1 amide bonds. The van der Waals surface area contributed by atoms with E-state index in [2.05, 4.69) is 5.32 Å². The number of nitrogens with one attached hydrogen (secondary N) is 1. The van der Waals surface area contributed by atoms with Crippen LogP contribution in [0.3, 0.4) is 0 Å². The molecule has 8 heteroatoms. The third kappa shape index (κ3) is 4.41. The predicted molar refractivity (Wildman–Crippen MR) is 80.3 cm³/mol. The summed E-state index contributed by atoms with van der Waals surface area (Å²) in [6, 6.07) is 3.74. The quantitative estimate of drug-likeness (QED) is 0.486. The van der Waals surface area contributed by atoms with Gasteiger partial charge >= 0.3 is 5.97 Å². The minimum absolute atomic E-state index is 0.0876. The first-order chi connectivity index (χ1) is 11.0. The van der Waals surface area contributed by atoms with Gasteiger partial charge in [-0.15, -0.1) is 0 Å². The zero-order valence-corrected chi connectivity index (χ0v) is 12.7. The van der Waals surface area contributed by atoms with Gasteiger partial charge in [-0.2, -0.15) is 0 Å². The number of carbonyl (C=O) groups excluding carboxylic acids is 2. The second-order valence-corrected chi connectivity index (χ2v) is 5.27. The third-order valence-electron chi connectivity index (χ3n) is 3.67. The molecule has 0 aliphatic heterocycles. The summed E-state index contributed by atoms with van der Waals surface area (Å²) in [5.74, 6) is -1.07. The van der Waals surface area contributed by atoms with Gasteiger partial charge in [0.05, 0.1) is 12.0 Å². The lowest BCUT2D eigenvalue weighted by molar-refractivity contribution is -0.384. The molecule has 1 N–H and O–H groups in total. The van der Waals surface area contributed by atoms with Gasteiger partial charge in [-0.1, -0.05) is 12.8 Å². The number of rotatable bonds is 6. The molecule has 23 heavy (non-hydrogen) atoms. The van der Waals surface area contributed by atoms with E-state index >= 15 is 0 Å². The van der Waals surface area contributed by atoms with Crippen LogP contribution in [0.4, 0.5) is 5.69 Å². The van der Waals surface area contributed by atoms with Crippen LogP contribution >= 0.6 is 0 Å². The standard InChI is InChI=1S/C15H18N2O6/c1-22-13-7-6-11(17(20)21)8-12(13)15(19)23-9-14(18)16-10-4-2-3-5-10/h6-8,10H,2-5,9H2,1H3,(H,16,18). The number of ether oxygens (including phenoxy) is 2. The van der Waals surface area contributed by atoms with Crippen LogP contribution in [0.25, 0.3) is 0 Å². The first kappa shape index (κ1) is 16.7. The largest absolute Gasteiger partial charge is 0.496 e. The predicted octanol–water partition coefficient (Wildman–Crippen LogP) is 1.82. The Bertz CT molecular complexity index is 610. The van der Waals surface area contributed by atoms with Crippen molar-refractivity contribution in [2.24, 2.45) is 0 Å². The number of non-ortho nitro benzene ring substituents is 1. The van der Waals surface area contributed by atoms with Gasteiger partial charge in [-0.05, 0) is 18.9 Å². The molecular weight excluding hydrogens is 304 g/mol. The average Bonchev–Trinajstić information content (AvgIpc) is 3.04. The maximum atomic E-state index is 12.0. The van der Waals surface area contributed by atoms with Crippen LogP contribution < -0.4 is 10.1 Å². The van der Waals surface area contributed by atoms with Crippen LogP contribution in [0, 0.1) is 10.1 Å². The van der Waals surface area contributed by atoms with Gasteiger partial charge in [0, 0.05) is 18.2 Å².